The van der Waals surface area contributed by atoms with Crippen molar-refractivity contribution in [2.24, 2.45) is 0 Å². The standard InChI is InChI=1S/C16H22ClNO4/c1-4-20-15(19)16(2,3)18-10-11-8-12(17)14-13(9-11)21-6-5-7-22-14/h8-9,18H,4-7,10H2,1-3H3. The van der Waals surface area contributed by atoms with E-state index in [2.05, 4.69) is 5.32 Å². The maximum Gasteiger partial charge on any atom is 0.325 e. The van der Waals surface area contributed by atoms with Crippen molar-refractivity contribution in [1.29, 1.82) is 0 Å². The predicted octanol–water partition coefficient (Wildman–Crippen LogP) is 2.93. The van der Waals surface area contributed by atoms with Gasteiger partial charge in [-0.15, -0.1) is 0 Å². The van der Waals surface area contributed by atoms with Crippen molar-refractivity contribution in [1.82, 2.24) is 5.32 Å². The summed E-state index contributed by atoms with van der Waals surface area (Å²) >= 11 is 6.26. The van der Waals surface area contributed by atoms with Crippen molar-refractivity contribution in [3.05, 3.63) is 22.7 Å². The fourth-order valence-corrected chi connectivity index (χ4v) is 2.38. The lowest BCUT2D eigenvalue weighted by molar-refractivity contribution is -0.149. The van der Waals surface area contributed by atoms with E-state index >= 15 is 0 Å². The topological polar surface area (TPSA) is 56.8 Å². The van der Waals surface area contributed by atoms with E-state index in [0.717, 1.165) is 12.0 Å². The lowest BCUT2D eigenvalue weighted by atomic mass is 10.1. The van der Waals surface area contributed by atoms with Crippen LogP contribution in [0.25, 0.3) is 0 Å². The highest BCUT2D eigenvalue weighted by atomic mass is 35.5. The number of ether oxygens (including phenoxy) is 3. The van der Waals surface area contributed by atoms with Crippen molar-refractivity contribution >= 4 is 17.6 Å². The van der Waals surface area contributed by atoms with Gasteiger partial charge in [0.1, 0.15) is 5.54 Å². The van der Waals surface area contributed by atoms with Crippen LogP contribution in [0.3, 0.4) is 0 Å². The third-order valence-corrected chi connectivity index (χ3v) is 3.66. The van der Waals surface area contributed by atoms with Gasteiger partial charge < -0.3 is 14.2 Å². The smallest absolute Gasteiger partial charge is 0.325 e. The quantitative estimate of drug-likeness (QED) is 0.843. The maximum absolute atomic E-state index is 11.9. The Morgan fingerprint density at radius 1 is 1.36 bits per heavy atom. The van der Waals surface area contributed by atoms with Gasteiger partial charge in [0.15, 0.2) is 11.5 Å². The third kappa shape index (κ3) is 4.05. The molecular formula is C16H22ClNO4. The van der Waals surface area contributed by atoms with Crippen LogP contribution in [0.15, 0.2) is 12.1 Å². The Hall–Kier alpha value is -1.46. The average molecular weight is 328 g/mol. The predicted molar refractivity (Wildman–Crippen MR) is 84.6 cm³/mol. The molecule has 0 spiro atoms. The minimum absolute atomic E-state index is 0.282. The summed E-state index contributed by atoms with van der Waals surface area (Å²) in [5, 5.41) is 3.70. The number of hydrogen-bond acceptors (Lipinski definition) is 5. The normalized spacial score (nSPS) is 14.4. The summed E-state index contributed by atoms with van der Waals surface area (Å²) in [6.45, 7) is 7.40. The minimum atomic E-state index is -0.771. The van der Waals surface area contributed by atoms with E-state index in [0.29, 0.717) is 42.9 Å². The van der Waals surface area contributed by atoms with Gasteiger partial charge in [-0.3, -0.25) is 10.1 Å². The molecule has 1 N–H and O–H groups in total. The summed E-state index contributed by atoms with van der Waals surface area (Å²) in [5.74, 6) is 0.957. The van der Waals surface area contributed by atoms with E-state index in [-0.39, 0.29) is 5.97 Å². The number of carbonyl (C=O) groups excluding carboxylic acids is 1. The summed E-state index contributed by atoms with van der Waals surface area (Å²) in [7, 11) is 0. The first-order valence-corrected chi connectivity index (χ1v) is 7.82. The molecule has 0 bridgehead atoms. The molecule has 0 aromatic heterocycles. The highest BCUT2D eigenvalue weighted by Gasteiger charge is 2.28. The molecule has 0 saturated heterocycles. The van der Waals surface area contributed by atoms with Crippen LogP contribution in [0.2, 0.25) is 5.02 Å². The Balaban J connectivity index is 2.09. The number of benzene rings is 1. The summed E-state index contributed by atoms with van der Waals surface area (Å²) in [6, 6.07) is 3.71. The van der Waals surface area contributed by atoms with Crippen LogP contribution in [0, 0.1) is 0 Å². The van der Waals surface area contributed by atoms with Gasteiger partial charge >= 0.3 is 5.97 Å². The molecule has 22 heavy (non-hydrogen) atoms. The van der Waals surface area contributed by atoms with Crippen LogP contribution in [0.1, 0.15) is 32.8 Å². The van der Waals surface area contributed by atoms with Gasteiger partial charge in [0.05, 0.1) is 24.8 Å². The van der Waals surface area contributed by atoms with E-state index in [4.69, 9.17) is 25.8 Å². The molecule has 0 unspecified atom stereocenters. The molecule has 0 saturated carbocycles. The van der Waals surface area contributed by atoms with E-state index in [1.54, 1.807) is 20.8 Å². The monoisotopic (exact) mass is 327 g/mol. The van der Waals surface area contributed by atoms with Crippen LogP contribution in [0.4, 0.5) is 0 Å². The average Bonchev–Trinajstić information content (AvgIpc) is 2.71. The lowest BCUT2D eigenvalue weighted by Gasteiger charge is -2.24. The Morgan fingerprint density at radius 3 is 2.82 bits per heavy atom. The van der Waals surface area contributed by atoms with E-state index in [9.17, 15) is 4.79 Å². The fourth-order valence-electron chi connectivity index (χ4n) is 2.09. The molecule has 1 aliphatic heterocycles. The second kappa shape index (κ2) is 7.20. The van der Waals surface area contributed by atoms with Gasteiger partial charge in [-0.25, -0.2) is 0 Å². The molecule has 1 aromatic carbocycles. The summed E-state index contributed by atoms with van der Waals surface area (Å²) in [4.78, 5) is 11.9. The van der Waals surface area contributed by atoms with Crippen molar-refractivity contribution < 1.29 is 19.0 Å². The Kier molecular flexibility index (Phi) is 5.53. The molecule has 1 aromatic rings. The van der Waals surface area contributed by atoms with Gasteiger partial charge in [0.25, 0.3) is 0 Å². The highest BCUT2D eigenvalue weighted by Crippen LogP contribution is 2.38. The zero-order valence-electron chi connectivity index (χ0n) is 13.2. The molecule has 6 heteroatoms. The van der Waals surface area contributed by atoms with Crippen molar-refractivity contribution in [3.8, 4) is 11.5 Å². The molecule has 122 valence electrons. The molecule has 0 amide bonds. The largest absolute Gasteiger partial charge is 0.489 e. The number of halogens is 1. The van der Waals surface area contributed by atoms with Gasteiger partial charge in [-0.2, -0.15) is 0 Å². The zero-order valence-corrected chi connectivity index (χ0v) is 14.0. The lowest BCUT2D eigenvalue weighted by Crippen LogP contribution is -2.47. The Labute approximate surface area is 135 Å². The molecule has 2 rings (SSSR count). The molecule has 0 radical (unpaired) electrons. The second-order valence-corrected chi connectivity index (χ2v) is 6.06. The van der Waals surface area contributed by atoms with Crippen molar-refractivity contribution in [3.63, 3.8) is 0 Å². The van der Waals surface area contributed by atoms with Crippen LogP contribution in [0.5, 0.6) is 11.5 Å². The summed E-state index contributed by atoms with van der Waals surface area (Å²) < 4.78 is 16.3. The van der Waals surface area contributed by atoms with E-state index in [1.165, 1.54) is 0 Å². The second-order valence-electron chi connectivity index (χ2n) is 5.65. The first-order chi connectivity index (χ1) is 10.4. The number of fused-ring (bicyclic) bond motifs is 1. The maximum atomic E-state index is 11.9. The number of nitrogens with one attached hydrogen (secondary N) is 1. The SMILES string of the molecule is CCOC(=O)C(C)(C)NCc1cc(Cl)c2c(c1)OCCCO2. The van der Waals surface area contributed by atoms with Gasteiger partial charge in [0.2, 0.25) is 0 Å². The number of rotatable bonds is 5. The molecule has 0 aliphatic carbocycles. The molecular weight excluding hydrogens is 306 g/mol. The van der Waals surface area contributed by atoms with Crippen LogP contribution >= 0.6 is 11.6 Å². The first-order valence-electron chi connectivity index (χ1n) is 7.44. The van der Waals surface area contributed by atoms with Crippen LogP contribution < -0.4 is 14.8 Å². The van der Waals surface area contributed by atoms with Gasteiger partial charge in [0, 0.05) is 13.0 Å². The van der Waals surface area contributed by atoms with Crippen LogP contribution in [-0.4, -0.2) is 31.3 Å². The van der Waals surface area contributed by atoms with E-state index in [1.807, 2.05) is 12.1 Å². The number of esters is 1. The number of hydrogen-bond donors (Lipinski definition) is 1. The van der Waals surface area contributed by atoms with Gasteiger partial charge in [-0.05, 0) is 38.5 Å². The molecule has 0 atom stereocenters. The minimum Gasteiger partial charge on any atom is -0.489 e. The Morgan fingerprint density at radius 2 is 2.09 bits per heavy atom. The van der Waals surface area contributed by atoms with Crippen molar-refractivity contribution in [2.75, 3.05) is 19.8 Å². The zero-order chi connectivity index (χ0) is 16.2. The summed E-state index contributed by atoms with van der Waals surface area (Å²) in [5.41, 5.74) is 0.152. The Bertz CT molecular complexity index is 545. The molecule has 1 heterocycles. The number of carbonyl (C=O) groups is 1. The van der Waals surface area contributed by atoms with Crippen molar-refractivity contribution in [2.45, 2.75) is 39.3 Å². The third-order valence-electron chi connectivity index (χ3n) is 3.38. The van der Waals surface area contributed by atoms with Gasteiger partial charge in [-0.1, -0.05) is 11.6 Å². The molecule has 1 aliphatic rings. The van der Waals surface area contributed by atoms with E-state index < -0.39 is 5.54 Å². The van der Waals surface area contributed by atoms with Crippen LogP contribution in [-0.2, 0) is 16.1 Å². The fraction of sp³-hybridized carbons (Fsp3) is 0.562. The molecule has 5 nitrogen and oxygen atoms in total. The first kappa shape index (κ1) is 16.9. The molecule has 0 fully saturated rings. The highest BCUT2D eigenvalue weighted by molar-refractivity contribution is 6.32. The summed E-state index contributed by atoms with van der Waals surface area (Å²) in [6.07, 6.45) is 0.828.